The largest absolute Gasteiger partial charge is 2.00 e. The van der Waals surface area contributed by atoms with Crippen LogP contribution in [0.15, 0.2) is 24.3 Å². The molecule has 0 rings (SSSR count). The molecule has 0 aliphatic rings. The van der Waals surface area contributed by atoms with Gasteiger partial charge in [0.15, 0.2) is 0 Å². The standard InChI is InChI=1S/2C18H36O4S.Ca/c2*1-3-5-7-9-10-11-12-14-16-18(15-13-8-6-4-2)17-22-23(19,20)21;/h2*13,15,18H,3-12,14,16-17H2,1-2H3,(H,19,20,21);/q;;+2/p-2/b2*15-13+;. The molecule has 0 aliphatic heterocycles. The fourth-order valence-corrected chi connectivity index (χ4v) is 5.80. The van der Waals surface area contributed by atoms with Crippen molar-refractivity contribution in [3.05, 3.63) is 24.3 Å². The van der Waals surface area contributed by atoms with Gasteiger partial charge in [-0.2, -0.15) is 0 Å². The molecule has 0 N–H and O–H groups in total. The first kappa shape index (κ1) is 51.8. The van der Waals surface area contributed by atoms with Crippen LogP contribution < -0.4 is 0 Å². The SMILES string of the molecule is CCCC/C=C/C(CCCCCCCCCC)COS(=O)(=O)[O-].CCCC/C=C/C(CCCCCCCCCC)COS(=O)(=O)[O-].[Ca+2]. The van der Waals surface area contributed by atoms with E-state index in [1.165, 1.54) is 77.0 Å². The summed E-state index contributed by atoms with van der Waals surface area (Å²) in [5.74, 6) is 0.0475. The minimum Gasteiger partial charge on any atom is -0.726 e. The van der Waals surface area contributed by atoms with Crippen LogP contribution in [-0.4, -0.2) is 76.9 Å². The van der Waals surface area contributed by atoms with Crippen molar-refractivity contribution in [1.29, 1.82) is 0 Å². The van der Waals surface area contributed by atoms with Crippen LogP contribution in [-0.2, 0) is 29.2 Å². The first-order valence-corrected chi connectivity index (χ1v) is 21.2. The topological polar surface area (TPSA) is 133 Å². The predicted molar refractivity (Wildman–Crippen MR) is 196 cm³/mol. The number of allylic oxidation sites excluding steroid dienone is 2. The zero-order valence-electron chi connectivity index (χ0n) is 30.6. The molecule has 0 saturated heterocycles. The molecular weight excluding hydrogens is 665 g/mol. The maximum Gasteiger partial charge on any atom is 2.00 e. The molecule has 11 heteroatoms. The maximum atomic E-state index is 10.6. The van der Waals surface area contributed by atoms with E-state index in [-0.39, 0.29) is 62.8 Å². The van der Waals surface area contributed by atoms with Gasteiger partial charge in [0.25, 0.3) is 0 Å². The molecule has 0 saturated carbocycles. The third kappa shape index (κ3) is 46.5. The summed E-state index contributed by atoms with van der Waals surface area (Å²) in [5.41, 5.74) is 0. The summed E-state index contributed by atoms with van der Waals surface area (Å²) in [7, 11) is -9.17. The number of unbranched alkanes of at least 4 members (excludes halogenated alkanes) is 18. The fraction of sp³-hybridized carbons (Fsp3) is 0.889. The third-order valence-electron chi connectivity index (χ3n) is 7.98. The Bertz CT molecular complexity index is 834. The monoisotopic (exact) mass is 734 g/mol. The second-order valence-electron chi connectivity index (χ2n) is 12.6. The van der Waals surface area contributed by atoms with Crippen LogP contribution in [0.1, 0.15) is 182 Å². The van der Waals surface area contributed by atoms with Gasteiger partial charge in [-0.3, -0.25) is 8.37 Å². The summed E-state index contributed by atoms with van der Waals surface area (Å²) in [6.07, 6.45) is 36.4. The summed E-state index contributed by atoms with van der Waals surface area (Å²) < 4.78 is 72.5. The Hall–Kier alpha value is 0.480. The van der Waals surface area contributed by atoms with Gasteiger partial charge in [-0.15, -0.1) is 0 Å². The van der Waals surface area contributed by atoms with E-state index in [0.29, 0.717) is 0 Å². The van der Waals surface area contributed by atoms with Gasteiger partial charge in [0.2, 0.25) is 20.8 Å². The van der Waals surface area contributed by atoms with E-state index >= 15 is 0 Å². The van der Waals surface area contributed by atoms with Crippen LogP contribution in [0.5, 0.6) is 0 Å². The van der Waals surface area contributed by atoms with Crippen LogP contribution in [0.25, 0.3) is 0 Å². The van der Waals surface area contributed by atoms with Crippen molar-refractivity contribution in [2.24, 2.45) is 11.8 Å². The Morgan fingerprint density at radius 2 is 0.745 bits per heavy atom. The molecule has 0 amide bonds. The number of rotatable bonds is 32. The minimum absolute atomic E-state index is 0. The molecular formula is C36H70CaO8S2. The van der Waals surface area contributed by atoms with Gasteiger partial charge in [0.1, 0.15) is 0 Å². The van der Waals surface area contributed by atoms with Gasteiger partial charge >= 0.3 is 37.7 Å². The molecule has 0 aromatic carbocycles. The second-order valence-corrected chi connectivity index (χ2v) is 14.7. The van der Waals surface area contributed by atoms with Gasteiger partial charge in [0, 0.05) is 11.8 Å². The van der Waals surface area contributed by atoms with Crippen molar-refractivity contribution in [1.82, 2.24) is 0 Å². The van der Waals surface area contributed by atoms with Crippen molar-refractivity contribution in [3.8, 4) is 0 Å². The van der Waals surface area contributed by atoms with Gasteiger partial charge in [-0.05, 0) is 25.7 Å². The number of hydrogen-bond acceptors (Lipinski definition) is 8. The third-order valence-corrected chi connectivity index (χ3v) is 8.82. The Labute approximate surface area is 321 Å². The van der Waals surface area contributed by atoms with E-state index in [0.717, 1.165) is 77.0 Å². The Kier molecular flexibility index (Phi) is 41.6. The Morgan fingerprint density at radius 3 is 1.02 bits per heavy atom. The van der Waals surface area contributed by atoms with Crippen molar-refractivity contribution in [2.75, 3.05) is 13.2 Å². The average Bonchev–Trinajstić information content (AvgIpc) is 3.00. The molecule has 0 fully saturated rings. The Balaban J connectivity index is -0.000000807. The molecule has 0 aromatic heterocycles. The number of hydrogen-bond donors (Lipinski definition) is 0. The molecule has 2 unspecified atom stereocenters. The van der Waals surface area contributed by atoms with Gasteiger partial charge < -0.3 is 9.11 Å². The second kappa shape index (κ2) is 37.7. The van der Waals surface area contributed by atoms with E-state index < -0.39 is 20.8 Å². The van der Waals surface area contributed by atoms with Crippen molar-refractivity contribution < 1.29 is 34.3 Å². The quantitative estimate of drug-likeness (QED) is 0.0219. The van der Waals surface area contributed by atoms with E-state index in [9.17, 15) is 25.9 Å². The molecule has 8 nitrogen and oxygen atoms in total. The summed E-state index contributed by atoms with van der Waals surface area (Å²) >= 11 is 0. The van der Waals surface area contributed by atoms with Crippen LogP contribution in [0.2, 0.25) is 0 Å². The van der Waals surface area contributed by atoms with Crippen molar-refractivity contribution >= 4 is 58.5 Å². The molecule has 0 spiro atoms. The smallest absolute Gasteiger partial charge is 0.726 e. The average molecular weight is 735 g/mol. The van der Waals surface area contributed by atoms with Crippen molar-refractivity contribution in [2.45, 2.75) is 182 Å². The normalized spacial score (nSPS) is 13.4. The van der Waals surface area contributed by atoms with E-state index in [2.05, 4.69) is 48.2 Å². The van der Waals surface area contributed by atoms with E-state index in [1.54, 1.807) is 0 Å². The first-order valence-electron chi connectivity index (χ1n) is 18.5. The summed E-state index contributed by atoms with van der Waals surface area (Å²) in [4.78, 5) is 0. The molecule has 0 heterocycles. The van der Waals surface area contributed by atoms with Gasteiger partial charge in [-0.25, -0.2) is 16.8 Å². The zero-order chi connectivity index (χ0) is 34.8. The van der Waals surface area contributed by atoms with E-state index in [4.69, 9.17) is 0 Å². The van der Waals surface area contributed by atoms with Gasteiger partial charge in [-0.1, -0.05) is 180 Å². The molecule has 0 bridgehead atoms. The van der Waals surface area contributed by atoms with Crippen LogP contribution >= 0.6 is 0 Å². The molecule has 276 valence electrons. The van der Waals surface area contributed by atoms with Crippen LogP contribution in [0, 0.1) is 11.8 Å². The predicted octanol–water partition coefficient (Wildman–Crippen LogP) is 10.3. The zero-order valence-corrected chi connectivity index (χ0v) is 34.5. The summed E-state index contributed by atoms with van der Waals surface area (Å²) in [6.45, 7) is 8.67. The summed E-state index contributed by atoms with van der Waals surface area (Å²) in [5, 5.41) is 0. The first-order chi connectivity index (χ1) is 22.0. The van der Waals surface area contributed by atoms with E-state index in [1.807, 2.05) is 12.2 Å². The van der Waals surface area contributed by atoms with Crippen LogP contribution in [0.4, 0.5) is 0 Å². The molecule has 47 heavy (non-hydrogen) atoms. The molecule has 0 aliphatic carbocycles. The fourth-order valence-electron chi connectivity index (χ4n) is 5.11. The summed E-state index contributed by atoms with van der Waals surface area (Å²) in [6, 6.07) is 0. The van der Waals surface area contributed by atoms with Crippen LogP contribution in [0.3, 0.4) is 0 Å². The molecule has 0 aromatic rings. The maximum absolute atomic E-state index is 10.6. The van der Waals surface area contributed by atoms with Gasteiger partial charge in [0.05, 0.1) is 13.2 Å². The minimum atomic E-state index is -4.59. The molecule has 0 radical (unpaired) electrons. The molecule has 2 atom stereocenters. The van der Waals surface area contributed by atoms with Crippen molar-refractivity contribution in [3.63, 3.8) is 0 Å². The Morgan fingerprint density at radius 1 is 0.468 bits per heavy atom.